The molecule has 8 nitrogen and oxygen atoms in total. The summed E-state index contributed by atoms with van der Waals surface area (Å²) in [6, 6.07) is 1.25. The van der Waals surface area contributed by atoms with Crippen LogP contribution in [0.25, 0.3) is 10.9 Å². The Hall–Kier alpha value is -3.76. The molecule has 1 unspecified atom stereocenters. The SMILES string of the molecule is CCCC=[N+]=C(/C=C\C(N)n1ccnc1)c1nc2cc(F)c(OC(F)(F)F)cc2c(=O)o1. The number of nitrogens with zero attached hydrogens (tertiary/aromatic N) is 4. The van der Waals surface area contributed by atoms with Gasteiger partial charge in [0.05, 0.1) is 17.2 Å². The van der Waals surface area contributed by atoms with E-state index in [-0.39, 0.29) is 22.5 Å². The molecule has 12 heteroatoms. The first-order chi connectivity index (χ1) is 15.2. The van der Waals surface area contributed by atoms with Crippen LogP contribution >= 0.6 is 0 Å². The molecular formula is C20H18F4N5O3+. The molecule has 0 saturated heterocycles. The molecule has 0 aliphatic heterocycles. The maximum Gasteiger partial charge on any atom is 0.573 e. The molecule has 1 aromatic carbocycles. The van der Waals surface area contributed by atoms with Gasteiger partial charge in [-0.15, -0.1) is 13.2 Å². The third-order valence-corrected chi connectivity index (χ3v) is 4.09. The quantitative estimate of drug-likeness (QED) is 0.335. The van der Waals surface area contributed by atoms with Gasteiger partial charge in [0.2, 0.25) is 0 Å². The average molecular weight is 452 g/mol. The molecule has 3 rings (SSSR count). The third kappa shape index (κ3) is 5.68. The van der Waals surface area contributed by atoms with Crippen LogP contribution in [0.5, 0.6) is 5.75 Å². The van der Waals surface area contributed by atoms with E-state index >= 15 is 0 Å². The molecule has 3 aromatic rings. The van der Waals surface area contributed by atoms with Crippen molar-refractivity contribution in [3.63, 3.8) is 0 Å². The minimum absolute atomic E-state index is 0.115. The summed E-state index contributed by atoms with van der Waals surface area (Å²) >= 11 is 0. The molecule has 0 saturated carbocycles. The Labute approximate surface area is 178 Å². The standard InChI is InChI=1S/C20H18F4N5O3/c1-2-3-6-27-14(4-5-17(25)29-8-7-26-11-29)18-28-15-10-13(21)16(32-20(22,23)24)9-12(15)19(30)31-18/h4-11,17H,2-3,25H2,1H3/q+1/b5-4-. The van der Waals surface area contributed by atoms with Gasteiger partial charge in [-0.05, 0) is 12.5 Å². The lowest BCUT2D eigenvalue weighted by molar-refractivity contribution is -0.275. The van der Waals surface area contributed by atoms with Gasteiger partial charge in [0.25, 0.3) is 6.21 Å². The number of imidazole rings is 1. The number of hydrogen-bond acceptors (Lipinski definition) is 6. The minimum atomic E-state index is -5.13. The van der Waals surface area contributed by atoms with E-state index < -0.39 is 29.7 Å². The van der Waals surface area contributed by atoms with Crippen LogP contribution < -0.4 is 20.8 Å². The number of benzene rings is 1. The second kappa shape index (κ2) is 9.58. The zero-order chi connectivity index (χ0) is 23.3. The van der Waals surface area contributed by atoms with Crippen LogP contribution in [0.2, 0.25) is 0 Å². The van der Waals surface area contributed by atoms with Gasteiger partial charge in [0, 0.05) is 37.0 Å². The number of rotatable bonds is 7. The predicted octanol–water partition coefficient (Wildman–Crippen LogP) is 2.86. The Morgan fingerprint density at radius 1 is 1.41 bits per heavy atom. The van der Waals surface area contributed by atoms with E-state index in [0.29, 0.717) is 18.6 Å². The predicted molar refractivity (Wildman–Crippen MR) is 109 cm³/mol. The van der Waals surface area contributed by atoms with Crippen molar-refractivity contribution >= 4 is 22.8 Å². The van der Waals surface area contributed by atoms with Gasteiger partial charge in [0.15, 0.2) is 11.6 Å². The number of fused-ring (bicyclic) bond motifs is 1. The lowest BCUT2D eigenvalue weighted by Crippen LogP contribution is -2.19. The molecule has 0 radical (unpaired) electrons. The molecule has 2 aromatic heterocycles. The Bertz CT molecular complexity index is 1240. The fraction of sp³-hybridized carbons (Fsp3) is 0.250. The summed E-state index contributed by atoms with van der Waals surface area (Å²) in [6.45, 7) is 1.94. The highest BCUT2D eigenvalue weighted by atomic mass is 19.4. The van der Waals surface area contributed by atoms with Gasteiger partial charge in [-0.2, -0.15) is 0 Å². The summed E-state index contributed by atoms with van der Waals surface area (Å²) in [5.74, 6) is -2.76. The van der Waals surface area contributed by atoms with Gasteiger partial charge in [-0.1, -0.05) is 11.6 Å². The molecule has 2 N–H and O–H groups in total. The molecule has 0 amide bonds. The van der Waals surface area contributed by atoms with Crippen molar-refractivity contribution in [2.24, 2.45) is 5.73 Å². The number of halogens is 4. The molecule has 0 spiro atoms. The van der Waals surface area contributed by atoms with E-state index in [9.17, 15) is 22.4 Å². The van der Waals surface area contributed by atoms with Crippen molar-refractivity contribution in [1.29, 1.82) is 0 Å². The number of nitrogens with two attached hydrogens (primary N) is 1. The Kier molecular flexibility index (Phi) is 6.86. The molecule has 32 heavy (non-hydrogen) atoms. The zero-order valence-corrected chi connectivity index (χ0v) is 16.7. The molecule has 0 bridgehead atoms. The van der Waals surface area contributed by atoms with Crippen molar-refractivity contribution in [1.82, 2.24) is 19.2 Å². The van der Waals surface area contributed by atoms with E-state index in [0.717, 1.165) is 6.42 Å². The van der Waals surface area contributed by atoms with Gasteiger partial charge < -0.3 is 19.5 Å². The lowest BCUT2D eigenvalue weighted by atomic mass is 10.2. The van der Waals surface area contributed by atoms with Crippen molar-refractivity contribution < 1.29 is 26.7 Å². The topological polar surface area (TPSA) is 110 Å². The normalized spacial score (nSPS) is 12.7. The highest BCUT2D eigenvalue weighted by Gasteiger charge is 2.33. The third-order valence-electron chi connectivity index (χ3n) is 4.09. The summed E-state index contributed by atoms with van der Waals surface area (Å²) in [5, 5.41) is -0.384. The molecular weight excluding hydrogens is 434 g/mol. The van der Waals surface area contributed by atoms with Crippen molar-refractivity contribution in [3.8, 4) is 5.75 Å². The van der Waals surface area contributed by atoms with Crippen LogP contribution in [-0.4, -0.2) is 32.8 Å². The summed E-state index contributed by atoms with van der Waals surface area (Å²) < 4.78 is 66.0. The summed E-state index contributed by atoms with van der Waals surface area (Å²) in [5.41, 5.74) is 4.89. The van der Waals surface area contributed by atoms with Gasteiger partial charge in [0.1, 0.15) is 6.17 Å². The lowest BCUT2D eigenvalue weighted by Gasteiger charge is -2.10. The van der Waals surface area contributed by atoms with Crippen molar-refractivity contribution in [3.05, 3.63) is 65.1 Å². The van der Waals surface area contributed by atoms with Crippen LogP contribution in [0.4, 0.5) is 17.6 Å². The zero-order valence-electron chi connectivity index (χ0n) is 16.7. The molecule has 168 valence electrons. The summed E-state index contributed by atoms with van der Waals surface area (Å²) in [4.78, 5) is 20.3. The highest BCUT2D eigenvalue weighted by Crippen LogP contribution is 2.28. The second-order valence-electron chi connectivity index (χ2n) is 6.50. The van der Waals surface area contributed by atoms with Crippen molar-refractivity contribution in [2.75, 3.05) is 0 Å². The fourth-order valence-electron chi connectivity index (χ4n) is 2.58. The monoisotopic (exact) mass is 452 g/mol. The van der Waals surface area contributed by atoms with Crippen LogP contribution in [0.1, 0.15) is 31.8 Å². The largest absolute Gasteiger partial charge is 0.573 e. The molecule has 0 fully saturated rings. The number of ether oxygens (including phenoxy) is 1. The van der Waals surface area contributed by atoms with E-state index in [4.69, 9.17) is 10.2 Å². The number of unbranched alkanes of at least 4 members (excludes halogenated alkanes) is 1. The first-order valence-electron chi connectivity index (χ1n) is 9.39. The molecule has 1 atom stereocenters. The number of alkyl halides is 3. The Morgan fingerprint density at radius 2 is 2.19 bits per heavy atom. The Morgan fingerprint density at radius 3 is 2.84 bits per heavy atom. The minimum Gasteiger partial charge on any atom is -0.403 e. The van der Waals surface area contributed by atoms with E-state index in [1.807, 2.05) is 6.92 Å². The Balaban J connectivity index is 2.05. The van der Waals surface area contributed by atoms with E-state index in [1.54, 1.807) is 29.3 Å². The first kappa shape index (κ1) is 22.9. The van der Waals surface area contributed by atoms with Crippen LogP contribution in [-0.2, 0) is 0 Å². The van der Waals surface area contributed by atoms with Gasteiger partial charge >= 0.3 is 23.6 Å². The number of aromatic nitrogens is 3. The number of allylic oxidation sites excluding steroid dienone is 1. The summed E-state index contributed by atoms with van der Waals surface area (Å²) in [7, 11) is 0. The van der Waals surface area contributed by atoms with E-state index in [1.165, 1.54) is 12.4 Å². The molecule has 0 aliphatic carbocycles. The second-order valence-corrected chi connectivity index (χ2v) is 6.50. The maximum absolute atomic E-state index is 14.1. The average Bonchev–Trinajstić information content (AvgIpc) is 3.25. The maximum atomic E-state index is 14.1. The van der Waals surface area contributed by atoms with Gasteiger partial charge in [-0.25, -0.2) is 19.2 Å². The first-order valence-corrected chi connectivity index (χ1v) is 9.39. The van der Waals surface area contributed by atoms with Crippen LogP contribution in [0, 0.1) is 5.82 Å². The smallest absolute Gasteiger partial charge is 0.403 e. The van der Waals surface area contributed by atoms with Crippen molar-refractivity contribution in [2.45, 2.75) is 32.3 Å². The molecule has 0 aliphatic rings. The summed E-state index contributed by atoms with van der Waals surface area (Å²) in [6.07, 6.45) is 4.98. The molecule has 2 heterocycles. The number of hydrogen-bond donors (Lipinski definition) is 1. The van der Waals surface area contributed by atoms with Crippen LogP contribution in [0.15, 0.2) is 52.2 Å². The fourth-order valence-corrected chi connectivity index (χ4v) is 2.58. The van der Waals surface area contributed by atoms with E-state index in [2.05, 4.69) is 19.4 Å². The highest BCUT2D eigenvalue weighted by molar-refractivity contribution is 6.06. The van der Waals surface area contributed by atoms with Crippen LogP contribution in [0.3, 0.4) is 0 Å². The van der Waals surface area contributed by atoms with Gasteiger partial charge in [-0.3, -0.25) is 0 Å².